The van der Waals surface area contributed by atoms with Gasteiger partial charge in [-0.1, -0.05) is 29.8 Å². The van der Waals surface area contributed by atoms with Gasteiger partial charge in [0.1, 0.15) is 0 Å². The van der Waals surface area contributed by atoms with Gasteiger partial charge < -0.3 is 14.8 Å². The van der Waals surface area contributed by atoms with Crippen LogP contribution in [0.15, 0.2) is 42.5 Å². The van der Waals surface area contributed by atoms with Crippen LogP contribution in [0.25, 0.3) is 0 Å². The van der Waals surface area contributed by atoms with Crippen molar-refractivity contribution in [1.29, 1.82) is 0 Å². The number of rotatable bonds is 5. The maximum atomic E-state index is 12.7. The molecule has 2 aliphatic heterocycles. The van der Waals surface area contributed by atoms with E-state index in [0.717, 1.165) is 37.1 Å². The quantitative estimate of drug-likeness (QED) is 0.807. The van der Waals surface area contributed by atoms with Gasteiger partial charge in [0.05, 0.1) is 6.54 Å². The second-order valence-electron chi connectivity index (χ2n) is 7.40. The summed E-state index contributed by atoms with van der Waals surface area (Å²) in [5.41, 5.74) is 2.63. The number of aryl methyl sites for hydroxylation is 1. The van der Waals surface area contributed by atoms with E-state index in [-0.39, 0.29) is 24.4 Å². The molecule has 2 aromatic rings. The van der Waals surface area contributed by atoms with Crippen LogP contribution in [0.4, 0.5) is 5.69 Å². The molecule has 1 fully saturated rings. The number of nitrogens with one attached hydrogen (secondary N) is 1. The molecule has 4 rings (SSSR count). The minimum atomic E-state index is -0.0674. The van der Waals surface area contributed by atoms with Crippen LogP contribution >= 0.6 is 0 Å². The van der Waals surface area contributed by atoms with Crippen molar-refractivity contribution >= 4 is 17.4 Å². The summed E-state index contributed by atoms with van der Waals surface area (Å²) in [7, 11) is 0. The van der Waals surface area contributed by atoms with Crippen molar-refractivity contribution in [2.45, 2.75) is 19.8 Å². The second kappa shape index (κ2) is 8.02. The van der Waals surface area contributed by atoms with Crippen LogP contribution in [0.1, 0.15) is 28.8 Å². The fourth-order valence-corrected chi connectivity index (χ4v) is 3.68. The predicted octanol–water partition coefficient (Wildman–Crippen LogP) is 3.26. The molecule has 1 saturated heterocycles. The maximum absolute atomic E-state index is 12.7. The lowest BCUT2D eigenvalue weighted by Crippen LogP contribution is -2.40. The summed E-state index contributed by atoms with van der Waals surface area (Å²) in [6.07, 6.45) is 1.56. The van der Waals surface area contributed by atoms with E-state index < -0.39 is 0 Å². The molecule has 1 N–H and O–H groups in total. The molecule has 0 unspecified atom stereocenters. The Kier molecular flexibility index (Phi) is 5.30. The van der Waals surface area contributed by atoms with Gasteiger partial charge in [0, 0.05) is 23.2 Å². The number of fused-ring (bicyclic) bond motifs is 1. The molecule has 0 spiro atoms. The monoisotopic (exact) mass is 380 g/mol. The van der Waals surface area contributed by atoms with Crippen LogP contribution in [-0.4, -0.2) is 43.0 Å². The van der Waals surface area contributed by atoms with Gasteiger partial charge in [-0.05, 0) is 45.0 Å². The molecule has 6 heteroatoms. The first-order valence-electron chi connectivity index (χ1n) is 9.61. The molecule has 0 aliphatic carbocycles. The average Bonchev–Trinajstić information content (AvgIpc) is 3.16. The lowest BCUT2D eigenvalue weighted by Gasteiger charge is -2.30. The van der Waals surface area contributed by atoms with E-state index in [0.29, 0.717) is 23.7 Å². The van der Waals surface area contributed by atoms with Gasteiger partial charge in [0.2, 0.25) is 12.7 Å². The number of hydrogen-bond acceptors (Lipinski definition) is 5. The molecule has 2 aliphatic rings. The lowest BCUT2D eigenvalue weighted by molar-refractivity contribution is -0.117. The van der Waals surface area contributed by atoms with Gasteiger partial charge in [-0.25, -0.2) is 0 Å². The summed E-state index contributed by atoms with van der Waals surface area (Å²) < 4.78 is 10.6. The fraction of sp³-hybridized carbons (Fsp3) is 0.364. The lowest BCUT2D eigenvalue weighted by atomic mass is 9.88. The summed E-state index contributed by atoms with van der Waals surface area (Å²) in [6, 6.07) is 13.1. The smallest absolute Gasteiger partial charge is 0.238 e. The summed E-state index contributed by atoms with van der Waals surface area (Å²) in [4.78, 5) is 27.1. The van der Waals surface area contributed by atoms with Crippen LogP contribution in [0.5, 0.6) is 11.5 Å². The number of carbonyl (C=O) groups excluding carboxylic acids is 2. The zero-order valence-electron chi connectivity index (χ0n) is 15.9. The van der Waals surface area contributed by atoms with Crippen molar-refractivity contribution < 1.29 is 19.1 Å². The van der Waals surface area contributed by atoms with Gasteiger partial charge in [-0.3, -0.25) is 14.5 Å². The summed E-state index contributed by atoms with van der Waals surface area (Å²) in [5.74, 6) is 1.52. The van der Waals surface area contributed by atoms with E-state index in [9.17, 15) is 9.59 Å². The molecular formula is C22H24N2O4. The van der Waals surface area contributed by atoms with Gasteiger partial charge >= 0.3 is 0 Å². The summed E-state index contributed by atoms with van der Waals surface area (Å²) >= 11 is 0. The van der Waals surface area contributed by atoms with Crippen LogP contribution in [-0.2, 0) is 4.79 Å². The highest BCUT2D eigenvalue weighted by atomic mass is 16.7. The Morgan fingerprint density at radius 3 is 2.50 bits per heavy atom. The Morgan fingerprint density at radius 2 is 1.75 bits per heavy atom. The van der Waals surface area contributed by atoms with Crippen LogP contribution in [0.2, 0.25) is 0 Å². The first kappa shape index (κ1) is 18.5. The van der Waals surface area contributed by atoms with Crippen LogP contribution < -0.4 is 14.8 Å². The second-order valence-corrected chi connectivity index (χ2v) is 7.40. The third kappa shape index (κ3) is 4.17. The number of likely N-dealkylation sites (tertiary alicyclic amines) is 1. The third-order valence-corrected chi connectivity index (χ3v) is 5.32. The van der Waals surface area contributed by atoms with Crippen LogP contribution in [0, 0.1) is 12.8 Å². The highest BCUT2D eigenvalue weighted by Gasteiger charge is 2.26. The van der Waals surface area contributed by atoms with Crippen molar-refractivity contribution in [2.75, 3.05) is 31.7 Å². The SMILES string of the molecule is Cc1ccc(C(=O)C2CCN(CC(=O)Nc3ccc4c(c3)OCO4)CC2)cc1. The number of carbonyl (C=O) groups is 2. The first-order valence-corrected chi connectivity index (χ1v) is 9.61. The number of piperidine rings is 1. The number of nitrogens with zero attached hydrogens (tertiary/aromatic N) is 1. The molecule has 6 nitrogen and oxygen atoms in total. The largest absolute Gasteiger partial charge is 0.454 e. The Hall–Kier alpha value is -2.86. The summed E-state index contributed by atoms with van der Waals surface area (Å²) in [5, 5.41) is 2.90. The van der Waals surface area contributed by atoms with E-state index in [1.54, 1.807) is 18.2 Å². The normalized spacial score (nSPS) is 16.8. The van der Waals surface area contributed by atoms with E-state index in [1.165, 1.54) is 0 Å². The molecule has 0 saturated carbocycles. The molecule has 28 heavy (non-hydrogen) atoms. The minimum Gasteiger partial charge on any atom is -0.454 e. The average molecular weight is 380 g/mol. The van der Waals surface area contributed by atoms with Gasteiger partial charge in [-0.15, -0.1) is 0 Å². The molecule has 1 amide bonds. The van der Waals surface area contributed by atoms with Crippen molar-refractivity contribution in [2.24, 2.45) is 5.92 Å². The third-order valence-electron chi connectivity index (χ3n) is 5.32. The first-order chi connectivity index (χ1) is 13.6. The number of ketones is 1. The fourth-order valence-electron chi connectivity index (χ4n) is 3.68. The molecule has 146 valence electrons. The highest BCUT2D eigenvalue weighted by molar-refractivity contribution is 5.98. The van der Waals surface area contributed by atoms with Gasteiger partial charge in [-0.2, -0.15) is 0 Å². The minimum absolute atomic E-state index is 0.0378. The summed E-state index contributed by atoms with van der Waals surface area (Å²) in [6.45, 7) is 4.04. The predicted molar refractivity (Wildman–Crippen MR) is 106 cm³/mol. The topological polar surface area (TPSA) is 67.9 Å². The van der Waals surface area contributed by atoms with Gasteiger partial charge in [0.15, 0.2) is 17.3 Å². The van der Waals surface area contributed by atoms with E-state index >= 15 is 0 Å². The number of Topliss-reactive ketones (excluding diaryl/α,β-unsaturated/α-hetero) is 1. The number of ether oxygens (including phenoxy) is 2. The Labute approximate surface area is 164 Å². The van der Waals surface area contributed by atoms with Crippen LogP contribution in [0.3, 0.4) is 0 Å². The highest BCUT2D eigenvalue weighted by Crippen LogP contribution is 2.34. The molecule has 0 radical (unpaired) electrons. The number of amides is 1. The molecule has 2 heterocycles. The van der Waals surface area contributed by atoms with E-state index in [2.05, 4.69) is 10.2 Å². The molecule has 0 atom stereocenters. The molecular weight excluding hydrogens is 356 g/mol. The Bertz CT molecular complexity index is 871. The maximum Gasteiger partial charge on any atom is 0.238 e. The zero-order valence-corrected chi connectivity index (χ0v) is 15.9. The molecule has 2 aromatic carbocycles. The Morgan fingerprint density at radius 1 is 1.04 bits per heavy atom. The van der Waals surface area contributed by atoms with Crippen molar-refractivity contribution in [3.05, 3.63) is 53.6 Å². The number of hydrogen-bond donors (Lipinski definition) is 1. The zero-order chi connectivity index (χ0) is 19.5. The van der Waals surface area contributed by atoms with Gasteiger partial charge in [0.25, 0.3) is 0 Å². The van der Waals surface area contributed by atoms with E-state index in [1.807, 2.05) is 31.2 Å². The van der Waals surface area contributed by atoms with Crippen molar-refractivity contribution in [1.82, 2.24) is 4.90 Å². The van der Waals surface area contributed by atoms with Crippen molar-refractivity contribution in [3.63, 3.8) is 0 Å². The molecule has 0 aromatic heterocycles. The Balaban J connectivity index is 1.26. The molecule has 0 bridgehead atoms. The number of benzene rings is 2. The van der Waals surface area contributed by atoms with Crippen molar-refractivity contribution in [3.8, 4) is 11.5 Å². The number of anilines is 1. The standard InChI is InChI=1S/C22H24N2O4/c1-15-2-4-16(5-3-15)22(26)17-8-10-24(11-9-17)13-21(25)23-18-6-7-19-20(12-18)28-14-27-19/h2-7,12,17H,8-11,13-14H2,1H3,(H,23,25). The van der Waals surface area contributed by atoms with E-state index in [4.69, 9.17) is 9.47 Å².